The quantitative estimate of drug-likeness (QED) is 0.377. The number of rotatable bonds is 6. The summed E-state index contributed by atoms with van der Waals surface area (Å²) in [7, 11) is 0. The number of amides is 3. The van der Waals surface area contributed by atoms with Crippen LogP contribution in [0.25, 0.3) is 0 Å². The van der Waals surface area contributed by atoms with Crippen molar-refractivity contribution in [2.45, 2.75) is 20.0 Å². The fraction of sp³-hybridized carbons (Fsp3) is 0.174. The molecule has 0 aliphatic rings. The molecule has 0 spiro atoms. The Hall–Kier alpha value is -3.79. The third-order valence-electron chi connectivity index (χ3n) is 4.27. The number of carbonyl (C=O) groups excluding carboxylic acids is 2. The number of pyridine rings is 1. The Morgan fingerprint density at radius 1 is 1.15 bits per heavy atom. The van der Waals surface area contributed by atoms with Crippen LogP contribution in [0.3, 0.4) is 0 Å². The first kappa shape index (κ1) is 20.8. The van der Waals surface area contributed by atoms with Gasteiger partial charge in [-0.15, -0.1) is 0 Å². The van der Waals surface area contributed by atoms with Crippen molar-refractivity contribution in [2.24, 2.45) is 0 Å². The molecule has 0 saturated carbocycles. The Morgan fingerprint density at radius 2 is 1.91 bits per heavy atom. The number of hydrogen-bond donors (Lipinski definition) is 3. The van der Waals surface area contributed by atoms with Crippen molar-refractivity contribution < 1.29 is 31.6 Å². The van der Waals surface area contributed by atoms with E-state index in [1.54, 1.807) is 6.92 Å². The smallest absolute Gasteiger partial charge is 0.417 e. The lowest BCUT2D eigenvalue weighted by Gasteiger charge is -2.14. The van der Waals surface area contributed by atoms with Crippen LogP contribution in [0, 0.1) is 6.92 Å². The minimum Gasteiger partial charge on any atom is -0.457 e. The minimum absolute atomic E-state index is 0.0473. The predicted octanol–water partition coefficient (Wildman–Crippen LogP) is 6.25. The summed E-state index contributed by atoms with van der Waals surface area (Å²) in [4.78, 5) is 28.4. The van der Waals surface area contributed by atoms with E-state index < -0.39 is 40.8 Å². The first-order valence-electron chi connectivity index (χ1n) is 11.3. The van der Waals surface area contributed by atoms with E-state index in [1.807, 2.05) is 0 Å². The number of anilines is 2. The number of carbonyl (C=O) groups is 2. The molecule has 3 amide bonds. The van der Waals surface area contributed by atoms with Gasteiger partial charge in [-0.05, 0) is 61.8 Å². The molecule has 0 atom stereocenters. The summed E-state index contributed by atoms with van der Waals surface area (Å²) in [6.45, 7) is 3.52. The average molecular weight is 496 g/mol. The van der Waals surface area contributed by atoms with Gasteiger partial charge >= 0.3 is 12.2 Å². The zero-order chi connectivity index (χ0) is 27.5. The van der Waals surface area contributed by atoms with Gasteiger partial charge in [0.1, 0.15) is 17.2 Å². The Morgan fingerprint density at radius 3 is 2.62 bits per heavy atom. The van der Waals surface area contributed by atoms with Crippen molar-refractivity contribution in [3.8, 4) is 11.5 Å². The van der Waals surface area contributed by atoms with Gasteiger partial charge < -0.3 is 20.7 Å². The number of hydrogen-bond acceptors (Lipinski definition) is 4. The molecule has 178 valence electrons. The molecule has 0 fully saturated rings. The number of alkyl halides is 3. The van der Waals surface area contributed by atoms with Gasteiger partial charge in [0.2, 0.25) is 0 Å². The largest absolute Gasteiger partial charge is 0.457 e. The number of urea groups is 1. The highest BCUT2D eigenvalue weighted by Gasteiger charge is 2.33. The molecule has 3 rings (SSSR count). The van der Waals surface area contributed by atoms with Crippen LogP contribution >= 0.6 is 11.6 Å². The van der Waals surface area contributed by atoms with Gasteiger partial charge in [0.15, 0.2) is 0 Å². The summed E-state index contributed by atoms with van der Waals surface area (Å²) in [5.41, 5.74) is -1.44. The average Bonchev–Trinajstić information content (AvgIpc) is 2.84. The van der Waals surface area contributed by atoms with Crippen molar-refractivity contribution in [3.05, 3.63) is 76.5 Å². The lowest BCUT2D eigenvalue weighted by molar-refractivity contribution is -0.137. The van der Waals surface area contributed by atoms with E-state index >= 15 is 0 Å². The molecule has 3 N–H and O–H groups in total. The van der Waals surface area contributed by atoms with Crippen LogP contribution in [-0.2, 0) is 6.18 Å². The summed E-state index contributed by atoms with van der Waals surface area (Å²) >= 11 is 5.58. The van der Waals surface area contributed by atoms with Crippen LogP contribution in [0.15, 0.2) is 54.7 Å². The van der Waals surface area contributed by atoms with Crippen LogP contribution in [0.4, 0.5) is 29.3 Å². The van der Waals surface area contributed by atoms with Crippen molar-refractivity contribution >= 4 is 34.9 Å². The zero-order valence-electron chi connectivity index (χ0n) is 20.9. The summed E-state index contributed by atoms with van der Waals surface area (Å²) in [5, 5.41) is 6.56. The van der Waals surface area contributed by atoms with Crippen LogP contribution in [0.2, 0.25) is 5.02 Å². The van der Waals surface area contributed by atoms with E-state index in [0.717, 1.165) is 12.1 Å². The third-order valence-corrected chi connectivity index (χ3v) is 4.60. The molecule has 0 unspecified atom stereocenters. The molecule has 1 aromatic heterocycles. The molecule has 34 heavy (non-hydrogen) atoms. The van der Waals surface area contributed by atoms with Crippen molar-refractivity contribution in [1.82, 2.24) is 10.3 Å². The number of ether oxygens (including phenoxy) is 1. The zero-order valence-corrected chi connectivity index (χ0v) is 18.6. The number of nitrogens with one attached hydrogen (secondary N) is 3. The predicted molar refractivity (Wildman–Crippen MR) is 123 cm³/mol. The first-order chi connectivity index (χ1) is 17.3. The third kappa shape index (κ3) is 6.38. The molecule has 2 aromatic carbocycles. The fourth-order valence-corrected chi connectivity index (χ4v) is 2.94. The monoisotopic (exact) mass is 495 g/mol. The van der Waals surface area contributed by atoms with E-state index in [0.29, 0.717) is 12.6 Å². The number of halogens is 4. The first-order valence-corrected chi connectivity index (χ1v) is 10.2. The SMILES string of the molecule is [2H]c1c([2H])c(Oc2ccnc(C(=O)NCC)c2)c([2H])c(C)c1NC(=O)Nc1ccc(Cl)c(C(F)(F)F)c1. The van der Waals surface area contributed by atoms with Crippen molar-refractivity contribution in [1.29, 1.82) is 0 Å². The number of benzene rings is 2. The van der Waals surface area contributed by atoms with Gasteiger partial charge in [0, 0.05) is 30.2 Å². The van der Waals surface area contributed by atoms with E-state index in [2.05, 4.69) is 20.9 Å². The topological polar surface area (TPSA) is 92.3 Å². The van der Waals surface area contributed by atoms with Crippen LogP contribution < -0.4 is 20.7 Å². The van der Waals surface area contributed by atoms with E-state index in [-0.39, 0.29) is 40.2 Å². The van der Waals surface area contributed by atoms with Crippen LogP contribution in [0.5, 0.6) is 11.5 Å². The molecule has 0 aliphatic carbocycles. The van der Waals surface area contributed by atoms with Crippen molar-refractivity contribution in [2.75, 3.05) is 17.2 Å². The minimum atomic E-state index is -4.73. The highest BCUT2D eigenvalue weighted by Crippen LogP contribution is 2.36. The highest BCUT2D eigenvalue weighted by atomic mass is 35.5. The summed E-state index contributed by atoms with van der Waals surface area (Å²) < 4.78 is 69.8. The van der Waals surface area contributed by atoms with Gasteiger partial charge in [-0.2, -0.15) is 13.2 Å². The molecule has 7 nitrogen and oxygen atoms in total. The molecule has 1 heterocycles. The van der Waals surface area contributed by atoms with Crippen LogP contribution in [-0.4, -0.2) is 23.5 Å². The van der Waals surface area contributed by atoms with E-state index in [9.17, 15) is 22.8 Å². The van der Waals surface area contributed by atoms with Gasteiger partial charge in [-0.3, -0.25) is 9.78 Å². The normalized spacial score (nSPS) is 12.2. The lowest BCUT2D eigenvalue weighted by atomic mass is 10.2. The second-order valence-electron chi connectivity index (χ2n) is 6.81. The fourth-order valence-electron chi connectivity index (χ4n) is 2.72. The highest BCUT2D eigenvalue weighted by molar-refractivity contribution is 6.31. The molecule has 3 aromatic rings. The molecule has 0 aliphatic heterocycles. The van der Waals surface area contributed by atoms with Gasteiger partial charge in [-0.25, -0.2) is 4.79 Å². The Labute approximate surface area is 202 Å². The Kier molecular flexibility index (Phi) is 6.38. The van der Waals surface area contributed by atoms with Gasteiger partial charge in [-0.1, -0.05) is 11.6 Å². The molecule has 0 bridgehead atoms. The maximum absolute atomic E-state index is 13.1. The van der Waals surface area contributed by atoms with Gasteiger partial charge in [0.25, 0.3) is 5.91 Å². The standard InChI is InChI=1S/C23H20ClF3N4O3/c1-3-28-21(32)20-12-16(8-9-29-20)34-15-5-7-19(13(2)10-15)31-22(33)30-14-4-6-18(24)17(11-14)23(25,26)27/h4-12H,3H2,1-2H3,(H,28,32)(H2,30,31,33)/i5D,7D,10D. The molecular weight excluding hydrogens is 473 g/mol. The second kappa shape index (κ2) is 10.4. The summed E-state index contributed by atoms with van der Waals surface area (Å²) in [5.74, 6) is -0.649. The molecular formula is C23H20ClF3N4O3. The number of nitrogens with zero attached hydrogens (tertiary/aromatic N) is 1. The lowest BCUT2D eigenvalue weighted by Crippen LogP contribution is -2.23. The summed E-state index contributed by atoms with van der Waals surface area (Å²) in [6.07, 6.45) is -3.43. The van der Waals surface area contributed by atoms with E-state index in [4.69, 9.17) is 20.5 Å². The Bertz CT molecular complexity index is 1340. The van der Waals surface area contributed by atoms with Crippen molar-refractivity contribution in [3.63, 3.8) is 0 Å². The maximum Gasteiger partial charge on any atom is 0.417 e. The maximum atomic E-state index is 13.1. The Balaban J connectivity index is 1.85. The molecule has 0 radical (unpaired) electrons. The number of aromatic nitrogens is 1. The molecule has 11 heteroatoms. The van der Waals surface area contributed by atoms with Crippen LogP contribution in [0.1, 0.15) is 32.7 Å². The van der Waals surface area contributed by atoms with Gasteiger partial charge in [0.05, 0.1) is 14.7 Å². The molecule has 0 saturated heterocycles. The van der Waals surface area contributed by atoms with E-state index in [1.165, 1.54) is 25.3 Å². The summed E-state index contributed by atoms with van der Waals surface area (Å²) in [6, 6.07) is 3.16. The second-order valence-corrected chi connectivity index (χ2v) is 7.22.